The monoisotopic (exact) mass is 313 g/mol. The van der Waals surface area contributed by atoms with E-state index in [1.165, 1.54) is 6.20 Å². The van der Waals surface area contributed by atoms with Gasteiger partial charge in [0, 0.05) is 48.2 Å². The molecule has 0 aromatic carbocycles. The molecule has 0 atom stereocenters. The first-order chi connectivity index (χ1) is 9.50. The Hall–Kier alpha value is -1.40. The third-order valence-electron chi connectivity index (χ3n) is 2.90. The average molecular weight is 314 g/mol. The van der Waals surface area contributed by atoms with Crippen LogP contribution in [0, 0.1) is 0 Å². The molecule has 0 amide bonds. The first-order valence-electron chi connectivity index (χ1n) is 6.41. The normalized spacial score (nSPS) is 11.7. The summed E-state index contributed by atoms with van der Waals surface area (Å²) in [5, 5.41) is -0.0800. The van der Waals surface area contributed by atoms with E-state index in [0.29, 0.717) is 13.0 Å². The van der Waals surface area contributed by atoms with E-state index in [1.54, 1.807) is 6.20 Å². The first kappa shape index (κ1) is 15.0. The van der Waals surface area contributed by atoms with Crippen LogP contribution < -0.4 is 0 Å². The zero-order valence-electron chi connectivity index (χ0n) is 11.2. The summed E-state index contributed by atoms with van der Waals surface area (Å²) in [5.41, 5.74) is 0.957. The summed E-state index contributed by atoms with van der Waals surface area (Å²) in [6, 6.07) is 5.73. The standard InChI is InChI=1S/C13H16ClN3O2S/c1-2-5-12-16-13(20(14,18)19)10-17(12)9-7-11-6-3-4-8-15-11/h3-4,6,8,10H,2,5,7,9H2,1H3. The number of hydrogen-bond donors (Lipinski definition) is 0. The summed E-state index contributed by atoms with van der Waals surface area (Å²) in [7, 11) is 1.56. The molecule has 0 radical (unpaired) electrons. The topological polar surface area (TPSA) is 64.8 Å². The van der Waals surface area contributed by atoms with Crippen LogP contribution in [0.2, 0.25) is 0 Å². The molecule has 0 aliphatic heterocycles. The van der Waals surface area contributed by atoms with Crippen LogP contribution in [0.5, 0.6) is 0 Å². The maximum atomic E-state index is 11.4. The van der Waals surface area contributed by atoms with Crippen LogP contribution in [0.1, 0.15) is 24.9 Å². The van der Waals surface area contributed by atoms with Crippen molar-refractivity contribution in [3.05, 3.63) is 42.1 Å². The zero-order valence-corrected chi connectivity index (χ0v) is 12.7. The van der Waals surface area contributed by atoms with Gasteiger partial charge in [0.1, 0.15) is 5.82 Å². The van der Waals surface area contributed by atoms with Crippen LogP contribution >= 0.6 is 10.7 Å². The second-order valence-electron chi connectivity index (χ2n) is 4.45. The summed E-state index contributed by atoms with van der Waals surface area (Å²) >= 11 is 0. The summed E-state index contributed by atoms with van der Waals surface area (Å²) in [4.78, 5) is 8.35. The molecule has 0 saturated carbocycles. The van der Waals surface area contributed by atoms with Crippen molar-refractivity contribution in [1.29, 1.82) is 0 Å². The maximum Gasteiger partial charge on any atom is 0.280 e. The third kappa shape index (κ3) is 3.80. The minimum Gasteiger partial charge on any atom is -0.333 e. The zero-order chi connectivity index (χ0) is 14.6. The Morgan fingerprint density at radius 1 is 1.30 bits per heavy atom. The van der Waals surface area contributed by atoms with E-state index in [2.05, 4.69) is 9.97 Å². The molecule has 108 valence electrons. The second kappa shape index (κ2) is 6.37. The van der Waals surface area contributed by atoms with Crippen molar-refractivity contribution < 1.29 is 8.42 Å². The Morgan fingerprint density at radius 3 is 2.70 bits per heavy atom. The fourth-order valence-electron chi connectivity index (χ4n) is 1.94. The van der Waals surface area contributed by atoms with E-state index < -0.39 is 9.05 Å². The van der Waals surface area contributed by atoms with Crippen molar-refractivity contribution in [3.63, 3.8) is 0 Å². The van der Waals surface area contributed by atoms with Gasteiger partial charge in [0.25, 0.3) is 9.05 Å². The van der Waals surface area contributed by atoms with Crippen LogP contribution in [0.15, 0.2) is 35.6 Å². The molecule has 20 heavy (non-hydrogen) atoms. The highest BCUT2D eigenvalue weighted by molar-refractivity contribution is 8.13. The Labute approximate surface area is 123 Å². The maximum absolute atomic E-state index is 11.4. The molecule has 5 nitrogen and oxygen atoms in total. The van der Waals surface area contributed by atoms with Crippen molar-refractivity contribution >= 4 is 19.7 Å². The van der Waals surface area contributed by atoms with Crippen LogP contribution in [-0.4, -0.2) is 23.0 Å². The predicted octanol–water partition coefficient (Wildman–Crippen LogP) is 2.40. The van der Waals surface area contributed by atoms with Gasteiger partial charge in [0.15, 0.2) is 5.03 Å². The van der Waals surface area contributed by atoms with Gasteiger partial charge in [-0.1, -0.05) is 13.0 Å². The lowest BCUT2D eigenvalue weighted by Crippen LogP contribution is -2.06. The fourth-order valence-corrected chi connectivity index (χ4v) is 2.63. The van der Waals surface area contributed by atoms with Gasteiger partial charge in [0.05, 0.1) is 0 Å². The number of halogens is 1. The van der Waals surface area contributed by atoms with Gasteiger partial charge in [0.2, 0.25) is 0 Å². The van der Waals surface area contributed by atoms with Crippen molar-refractivity contribution in [2.75, 3.05) is 0 Å². The SMILES string of the molecule is CCCc1nc(S(=O)(=O)Cl)cn1CCc1ccccn1. The molecular weight excluding hydrogens is 298 g/mol. The van der Waals surface area contributed by atoms with Gasteiger partial charge in [-0.15, -0.1) is 0 Å². The Morgan fingerprint density at radius 2 is 2.10 bits per heavy atom. The van der Waals surface area contributed by atoms with Crippen molar-refractivity contribution in [3.8, 4) is 0 Å². The van der Waals surface area contributed by atoms with Crippen LogP contribution in [0.4, 0.5) is 0 Å². The van der Waals surface area contributed by atoms with Crippen LogP contribution in [0.3, 0.4) is 0 Å². The highest BCUT2D eigenvalue weighted by atomic mass is 35.7. The molecule has 2 heterocycles. The number of rotatable bonds is 6. The molecule has 0 saturated heterocycles. The molecule has 0 unspecified atom stereocenters. The molecule has 2 aromatic rings. The largest absolute Gasteiger partial charge is 0.333 e. The molecule has 0 aliphatic carbocycles. The number of imidazole rings is 1. The number of aromatic nitrogens is 3. The summed E-state index contributed by atoms with van der Waals surface area (Å²) in [6.07, 6.45) is 5.56. The predicted molar refractivity (Wildman–Crippen MR) is 77.2 cm³/mol. The quantitative estimate of drug-likeness (QED) is 0.768. The van der Waals surface area contributed by atoms with E-state index >= 15 is 0 Å². The van der Waals surface area contributed by atoms with E-state index in [0.717, 1.165) is 24.4 Å². The van der Waals surface area contributed by atoms with Crippen molar-refractivity contribution in [2.45, 2.75) is 37.8 Å². The fraction of sp³-hybridized carbons (Fsp3) is 0.385. The van der Waals surface area contributed by atoms with Gasteiger partial charge in [-0.3, -0.25) is 4.98 Å². The van der Waals surface area contributed by atoms with Crippen LogP contribution in [0.25, 0.3) is 0 Å². The molecular formula is C13H16ClN3O2S. The second-order valence-corrected chi connectivity index (χ2v) is 6.96. The van der Waals surface area contributed by atoms with E-state index in [4.69, 9.17) is 10.7 Å². The molecule has 0 fully saturated rings. The van der Waals surface area contributed by atoms with Crippen molar-refractivity contribution in [2.24, 2.45) is 0 Å². The lowest BCUT2D eigenvalue weighted by atomic mass is 10.2. The van der Waals surface area contributed by atoms with Gasteiger partial charge in [-0.2, -0.15) is 0 Å². The smallest absolute Gasteiger partial charge is 0.280 e. The lowest BCUT2D eigenvalue weighted by Gasteiger charge is -2.06. The number of nitrogens with zero attached hydrogens (tertiary/aromatic N) is 3. The molecule has 2 aromatic heterocycles. The van der Waals surface area contributed by atoms with E-state index in [1.807, 2.05) is 29.7 Å². The minimum atomic E-state index is -3.78. The molecule has 7 heteroatoms. The van der Waals surface area contributed by atoms with Gasteiger partial charge in [-0.05, 0) is 18.6 Å². The number of hydrogen-bond acceptors (Lipinski definition) is 4. The summed E-state index contributed by atoms with van der Waals surface area (Å²) in [6.45, 7) is 2.65. The molecule has 2 rings (SSSR count). The first-order valence-corrected chi connectivity index (χ1v) is 8.72. The van der Waals surface area contributed by atoms with Crippen molar-refractivity contribution in [1.82, 2.24) is 14.5 Å². The Bertz CT molecular complexity index is 668. The average Bonchev–Trinajstić information content (AvgIpc) is 2.81. The lowest BCUT2D eigenvalue weighted by molar-refractivity contribution is 0.606. The van der Waals surface area contributed by atoms with E-state index in [-0.39, 0.29) is 5.03 Å². The third-order valence-corrected chi connectivity index (χ3v) is 4.07. The molecule has 0 N–H and O–H groups in total. The van der Waals surface area contributed by atoms with Gasteiger partial charge < -0.3 is 4.57 Å². The highest BCUT2D eigenvalue weighted by Gasteiger charge is 2.17. The summed E-state index contributed by atoms with van der Waals surface area (Å²) in [5.74, 6) is 0.739. The molecule has 0 spiro atoms. The van der Waals surface area contributed by atoms with Gasteiger partial charge in [-0.25, -0.2) is 13.4 Å². The minimum absolute atomic E-state index is 0.0800. The highest BCUT2D eigenvalue weighted by Crippen LogP contribution is 2.16. The van der Waals surface area contributed by atoms with E-state index in [9.17, 15) is 8.42 Å². The van der Waals surface area contributed by atoms with Gasteiger partial charge >= 0.3 is 0 Å². The molecule has 0 bridgehead atoms. The Kier molecular flexibility index (Phi) is 4.77. The number of pyridine rings is 1. The summed E-state index contributed by atoms with van der Waals surface area (Å²) < 4.78 is 24.5. The number of aryl methyl sites for hydroxylation is 3. The van der Waals surface area contributed by atoms with Crippen LogP contribution in [-0.2, 0) is 28.4 Å². The Balaban J connectivity index is 2.19. The molecule has 0 aliphatic rings.